The van der Waals surface area contributed by atoms with Gasteiger partial charge in [0.05, 0.1) is 17.8 Å². The van der Waals surface area contributed by atoms with E-state index < -0.39 is 0 Å². The van der Waals surface area contributed by atoms with E-state index in [-0.39, 0.29) is 0 Å². The van der Waals surface area contributed by atoms with Crippen LogP contribution in [-0.2, 0) is 13.6 Å². The smallest absolute Gasteiger partial charge is 0.137 e. The Kier molecular flexibility index (Phi) is 3.42. The molecule has 8 nitrogen and oxygen atoms in total. The van der Waals surface area contributed by atoms with Crippen LogP contribution < -0.4 is 5.32 Å². The molecule has 4 aromatic rings. The van der Waals surface area contributed by atoms with Gasteiger partial charge in [0.25, 0.3) is 0 Å². The van der Waals surface area contributed by atoms with Crippen LogP contribution in [0.25, 0.3) is 22.3 Å². The van der Waals surface area contributed by atoms with Gasteiger partial charge in [0.15, 0.2) is 0 Å². The summed E-state index contributed by atoms with van der Waals surface area (Å²) in [6.07, 6.45) is 3.31. The molecule has 120 valence electrons. The molecular weight excluding hydrogens is 304 g/mol. The number of aromatic nitrogens is 7. The summed E-state index contributed by atoms with van der Waals surface area (Å²) < 4.78 is 1.77. The largest absolute Gasteiger partial charge is 0.364 e. The molecule has 0 spiro atoms. The van der Waals surface area contributed by atoms with Gasteiger partial charge in [-0.05, 0) is 24.6 Å². The van der Waals surface area contributed by atoms with Gasteiger partial charge in [-0.15, -0.1) is 0 Å². The second-order valence-corrected chi connectivity index (χ2v) is 5.51. The minimum absolute atomic E-state index is 0.497. The van der Waals surface area contributed by atoms with E-state index in [4.69, 9.17) is 0 Å². The summed E-state index contributed by atoms with van der Waals surface area (Å²) in [6, 6.07) is 7.96. The first-order chi connectivity index (χ1) is 11.7. The van der Waals surface area contributed by atoms with E-state index in [0.29, 0.717) is 6.54 Å². The van der Waals surface area contributed by atoms with Gasteiger partial charge in [-0.25, -0.2) is 9.97 Å². The van der Waals surface area contributed by atoms with E-state index >= 15 is 0 Å². The maximum atomic E-state index is 4.36. The molecule has 1 aromatic carbocycles. The Hall–Kier alpha value is -3.29. The van der Waals surface area contributed by atoms with Crippen molar-refractivity contribution in [1.29, 1.82) is 0 Å². The summed E-state index contributed by atoms with van der Waals surface area (Å²) in [5.41, 5.74) is 4.55. The van der Waals surface area contributed by atoms with Crippen LogP contribution in [-0.4, -0.2) is 35.2 Å². The molecule has 8 heteroatoms. The van der Waals surface area contributed by atoms with Crippen molar-refractivity contribution in [1.82, 2.24) is 35.2 Å². The average Bonchev–Trinajstić information content (AvgIpc) is 3.21. The Bertz CT molecular complexity index is 1000. The zero-order chi connectivity index (χ0) is 16.5. The summed E-state index contributed by atoms with van der Waals surface area (Å²) in [7, 11) is 1.88. The highest BCUT2D eigenvalue weighted by atomic mass is 15.4. The number of H-pyrrole nitrogens is 1. The Morgan fingerprint density at radius 3 is 2.92 bits per heavy atom. The lowest BCUT2D eigenvalue weighted by Gasteiger charge is -2.09. The topological polar surface area (TPSA) is 97.2 Å². The first-order valence-corrected chi connectivity index (χ1v) is 7.56. The molecule has 3 heterocycles. The van der Waals surface area contributed by atoms with Crippen molar-refractivity contribution in [3.63, 3.8) is 0 Å². The minimum Gasteiger partial charge on any atom is -0.364 e. The molecule has 0 fully saturated rings. The molecule has 2 N–H and O–H groups in total. The zero-order valence-electron chi connectivity index (χ0n) is 13.4. The molecule has 0 atom stereocenters. The van der Waals surface area contributed by atoms with Crippen molar-refractivity contribution >= 4 is 16.7 Å². The number of nitrogens with one attached hydrogen (secondary N) is 2. The normalized spacial score (nSPS) is 11.1. The number of rotatable bonds is 4. The third kappa shape index (κ3) is 2.37. The van der Waals surface area contributed by atoms with Crippen molar-refractivity contribution < 1.29 is 0 Å². The molecule has 0 unspecified atom stereocenters. The van der Waals surface area contributed by atoms with Gasteiger partial charge >= 0.3 is 0 Å². The number of aryl methyl sites for hydroxylation is 2. The number of fused-ring (bicyclic) bond motifs is 1. The van der Waals surface area contributed by atoms with E-state index in [1.54, 1.807) is 17.2 Å². The molecule has 0 radical (unpaired) electrons. The van der Waals surface area contributed by atoms with Crippen LogP contribution in [0, 0.1) is 6.92 Å². The van der Waals surface area contributed by atoms with Gasteiger partial charge in [0, 0.05) is 18.6 Å². The summed E-state index contributed by atoms with van der Waals surface area (Å²) in [5, 5.41) is 19.7. The predicted molar refractivity (Wildman–Crippen MR) is 90.2 cm³/mol. The zero-order valence-corrected chi connectivity index (χ0v) is 13.4. The van der Waals surface area contributed by atoms with Gasteiger partial charge < -0.3 is 5.32 Å². The molecule has 0 aliphatic carbocycles. The van der Waals surface area contributed by atoms with E-state index in [1.165, 1.54) is 0 Å². The second-order valence-electron chi connectivity index (χ2n) is 5.51. The lowest BCUT2D eigenvalue weighted by atomic mass is 10.1. The SMILES string of the molecule is Cc1cccc2c(NCc3n[nH]nc3-c3ccnn3C)ncnc12. The van der Waals surface area contributed by atoms with E-state index in [0.717, 1.165) is 39.4 Å². The van der Waals surface area contributed by atoms with Gasteiger partial charge in [0.1, 0.15) is 23.5 Å². The predicted octanol–water partition coefficient (Wildman–Crippen LogP) is 2.07. The van der Waals surface area contributed by atoms with Gasteiger partial charge in [-0.3, -0.25) is 4.68 Å². The highest BCUT2D eigenvalue weighted by molar-refractivity contribution is 5.90. The first-order valence-electron chi connectivity index (χ1n) is 7.56. The number of hydrogen-bond donors (Lipinski definition) is 2. The van der Waals surface area contributed by atoms with E-state index in [2.05, 4.69) is 35.8 Å². The van der Waals surface area contributed by atoms with Crippen molar-refractivity contribution in [3.05, 3.63) is 48.0 Å². The van der Waals surface area contributed by atoms with Crippen LogP contribution in [0.2, 0.25) is 0 Å². The van der Waals surface area contributed by atoms with Gasteiger partial charge in [-0.2, -0.15) is 20.5 Å². The Balaban J connectivity index is 1.64. The van der Waals surface area contributed by atoms with Crippen molar-refractivity contribution in [2.24, 2.45) is 7.05 Å². The summed E-state index contributed by atoms with van der Waals surface area (Å²) in [5.74, 6) is 0.780. The van der Waals surface area contributed by atoms with Crippen LogP contribution in [0.4, 0.5) is 5.82 Å². The Morgan fingerprint density at radius 2 is 2.08 bits per heavy atom. The van der Waals surface area contributed by atoms with Crippen molar-refractivity contribution in [2.75, 3.05) is 5.32 Å². The summed E-state index contributed by atoms with van der Waals surface area (Å²) in [4.78, 5) is 8.72. The quantitative estimate of drug-likeness (QED) is 0.597. The first kappa shape index (κ1) is 14.3. The lowest BCUT2D eigenvalue weighted by Crippen LogP contribution is -2.05. The van der Waals surface area contributed by atoms with Crippen LogP contribution in [0.15, 0.2) is 36.8 Å². The molecule has 0 saturated carbocycles. The third-order valence-corrected chi connectivity index (χ3v) is 3.97. The standard InChI is InChI=1S/C16H16N8/c1-10-4-3-5-11-14(10)18-9-19-16(11)17-8-12-15(22-23-21-12)13-6-7-20-24(13)2/h3-7,9H,8H2,1-2H3,(H,17,18,19)(H,21,22,23). The van der Waals surface area contributed by atoms with Crippen LogP contribution in [0.1, 0.15) is 11.3 Å². The highest BCUT2D eigenvalue weighted by Gasteiger charge is 2.14. The maximum Gasteiger partial charge on any atom is 0.137 e. The molecule has 24 heavy (non-hydrogen) atoms. The number of aromatic amines is 1. The molecule has 0 aliphatic heterocycles. The van der Waals surface area contributed by atoms with Crippen LogP contribution >= 0.6 is 0 Å². The lowest BCUT2D eigenvalue weighted by molar-refractivity contribution is 0.771. The molecule has 3 aromatic heterocycles. The number of para-hydroxylation sites is 1. The van der Waals surface area contributed by atoms with Crippen LogP contribution in [0.5, 0.6) is 0 Å². The van der Waals surface area contributed by atoms with Crippen molar-refractivity contribution in [2.45, 2.75) is 13.5 Å². The number of hydrogen-bond acceptors (Lipinski definition) is 6. The summed E-state index contributed by atoms with van der Waals surface area (Å²) in [6.45, 7) is 2.54. The average molecular weight is 320 g/mol. The third-order valence-electron chi connectivity index (χ3n) is 3.97. The van der Waals surface area contributed by atoms with Gasteiger partial charge in [0.2, 0.25) is 0 Å². The number of benzene rings is 1. The fourth-order valence-corrected chi connectivity index (χ4v) is 2.73. The fourth-order valence-electron chi connectivity index (χ4n) is 2.73. The second kappa shape index (κ2) is 5.73. The summed E-state index contributed by atoms with van der Waals surface area (Å²) >= 11 is 0. The van der Waals surface area contributed by atoms with Crippen LogP contribution in [0.3, 0.4) is 0 Å². The molecule has 0 saturated heterocycles. The molecule has 4 rings (SSSR count). The molecule has 0 amide bonds. The maximum absolute atomic E-state index is 4.36. The fraction of sp³-hybridized carbons (Fsp3) is 0.188. The van der Waals surface area contributed by atoms with E-state index in [9.17, 15) is 0 Å². The minimum atomic E-state index is 0.497. The Morgan fingerprint density at radius 1 is 1.17 bits per heavy atom. The highest BCUT2D eigenvalue weighted by Crippen LogP contribution is 2.23. The molecular formula is C16H16N8. The monoisotopic (exact) mass is 320 g/mol. The molecule has 0 aliphatic rings. The Labute approximate surface area is 138 Å². The molecule has 0 bridgehead atoms. The number of nitrogens with zero attached hydrogens (tertiary/aromatic N) is 6. The van der Waals surface area contributed by atoms with Crippen molar-refractivity contribution in [3.8, 4) is 11.4 Å². The van der Waals surface area contributed by atoms with Gasteiger partial charge in [-0.1, -0.05) is 12.1 Å². The number of anilines is 1. The van der Waals surface area contributed by atoms with E-state index in [1.807, 2.05) is 38.2 Å².